The van der Waals surface area contributed by atoms with E-state index >= 15 is 0 Å². The molecule has 0 heterocycles. The standard InChI is InChI=1S/C16H13BrClNO4/c1-9-2-4-11(7-13(9)18)19-15(21)8-23-16(22)12-6-10(17)3-5-14(12)20/h2-7,20H,8H2,1H3,(H,19,21). The van der Waals surface area contributed by atoms with Gasteiger partial charge in [0.2, 0.25) is 0 Å². The number of esters is 1. The minimum atomic E-state index is -0.791. The van der Waals surface area contributed by atoms with Gasteiger partial charge in [0.05, 0.1) is 0 Å². The average Bonchev–Trinajstić information content (AvgIpc) is 2.51. The Kier molecular flexibility index (Phi) is 5.63. The summed E-state index contributed by atoms with van der Waals surface area (Å²) in [6.07, 6.45) is 0. The Bertz CT molecular complexity index is 764. The summed E-state index contributed by atoms with van der Waals surface area (Å²) >= 11 is 9.16. The van der Waals surface area contributed by atoms with Crippen molar-refractivity contribution in [2.45, 2.75) is 6.92 Å². The summed E-state index contributed by atoms with van der Waals surface area (Å²) in [7, 11) is 0. The first kappa shape index (κ1) is 17.3. The van der Waals surface area contributed by atoms with Gasteiger partial charge in [-0.2, -0.15) is 0 Å². The van der Waals surface area contributed by atoms with E-state index in [2.05, 4.69) is 21.2 Å². The van der Waals surface area contributed by atoms with Crippen molar-refractivity contribution in [2.24, 2.45) is 0 Å². The smallest absolute Gasteiger partial charge is 0.342 e. The van der Waals surface area contributed by atoms with Gasteiger partial charge in [0.15, 0.2) is 6.61 Å². The lowest BCUT2D eigenvalue weighted by Gasteiger charge is -2.08. The van der Waals surface area contributed by atoms with Crippen LogP contribution in [0.4, 0.5) is 5.69 Å². The highest BCUT2D eigenvalue weighted by molar-refractivity contribution is 9.10. The molecule has 0 aliphatic carbocycles. The number of halogens is 2. The Hall–Kier alpha value is -2.05. The largest absolute Gasteiger partial charge is 0.507 e. The summed E-state index contributed by atoms with van der Waals surface area (Å²) in [6.45, 7) is 1.37. The highest BCUT2D eigenvalue weighted by Crippen LogP contribution is 2.23. The van der Waals surface area contributed by atoms with Gasteiger partial charge in [-0.15, -0.1) is 0 Å². The molecule has 0 saturated heterocycles. The molecule has 2 aromatic rings. The molecule has 7 heteroatoms. The minimum Gasteiger partial charge on any atom is -0.507 e. The third kappa shape index (κ3) is 4.71. The Labute approximate surface area is 146 Å². The molecule has 0 fully saturated rings. The number of ether oxygens (including phenoxy) is 1. The number of rotatable bonds is 4. The fraction of sp³-hybridized carbons (Fsp3) is 0.125. The van der Waals surface area contributed by atoms with Crippen LogP contribution in [0.1, 0.15) is 15.9 Å². The van der Waals surface area contributed by atoms with Gasteiger partial charge < -0.3 is 15.2 Å². The van der Waals surface area contributed by atoms with Crippen LogP contribution >= 0.6 is 27.5 Å². The van der Waals surface area contributed by atoms with Gasteiger partial charge in [0, 0.05) is 15.2 Å². The third-order valence-electron chi connectivity index (χ3n) is 2.97. The van der Waals surface area contributed by atoms with E-state index in [0.29, 0.717) is 15.2 Å². The van der Waals surface area contributed by atoms with Crippen molar-refractivity contribution in [2.75, 3.05) is 11.9 Å². The number of hydrogen-bond acceptors (Lipinski definition) is 4. The molecule has 2 aromatic carbocycles. The van der Waals surface area contributed by atoms with Crippen molar-refractivity contribution >= 4 is 45.1 Å². The van der Waals surface area contributed by atoms with Gasteiger partial charge >= 0.3 is 5.97 Å². The molecule has 2 N–H and O–H groups in total. The summed E-state index contributed by atoms with van der Waals surface area (Å²) in [5.41, 5.74) is 1.37. The van der Waals surface area contributed by atoms with E-state index in [0.717, 1.165) is 5.56 Å². The van der Waals surface area contributed by atoms with Crippen LogP contribution in [0.3, 0.4) is 0 Å². The number of nitrogens with one attached hydrogen (secondary N) is 1. The van der Waals surface area contributed by atoms with Crippen molar-refractivity contribution in [3.05, 3.63) is 57.0 Å². The minimum absolute atomic E-state index is 0.0226. The van der Waals surface area contributed by atoms with Crippen LogP contribution in [-0.2, 0) is 9.53 Å². The van der Waals surface area contributed by atoms with E-state index in [1.54, 1.807) is 24.3 Å². The number of amides is 1. The fourth-order valence-corrected chi connectivity index (χ4v) is 2.29. The SMILES string of the molecule is Cc1ccc(NC(=O)COC(=O)c2cc(Br)ccc2O)cc1Cl. The third-order valence-corrected chi connectivity index (χ3v) is 3.87. The molecule has 0 unspecified atom stereocenters. The molecule has 5 nitrogen and oxygen atoms in total. The molecule has 0 aliphatic heterocycles. The van der Waals surface area contributed by atoms with Crippen molar-refractivity contribution in [3.63, 3.8) is 0 Å². The Morgan fingerprint density at radius 1 is 1.26 bits per heavy atom. The van der Waals surface area contributed by atoms with Crippen LogP contribution in [0.25, 0.3) is 0 Å². The summed E-state index contributed by atoms with van der Waals surface area (Å²) in [4.78, 5) is 23.7. The molecule has 23 heavy (non-hydrogen) atoms. The van der Waals surface area contributed by atoms with Crippen molar-refractivity contribution in [1.82, 2.24) is 0 Å². The molecule has 0 atom stereocenters. The van der Waals surface area contributed by atoms with Gasteiger partial charge in [-0.1, -0.05) is 33.6 Å². The first-order valence-corrected chi connectivity index (χ1v) is 7.75. The van der Waals surface area contributed by atoms with Crippen LogP contribution in [0.5, 0.6) is 5.75 Å². The number of anilines is 1. The number of benzene rings is 2. The van der Waals surface area contributed by atoms with Crippen LogP contribution in [0, 0.1) is 6.92 Å². The molecule has 2 rings (SSSR count). The molecule has 0 radical (unpaired) electrons. The van der Waals surface area contributed by atoms with Gasteiger partial charge in [-0.05, 0) is 42.8 Å². The van der Waals surface area contributed by atoms with E-state index in [9.17, 15) is 14.7 Å². The van der Waals surface area contributed by atoms with E-state index in [1.165, 1.54) is 12.1 Å². The van der Waals surface area contributed by atoms with Gasteiger partial charge in [-0.3, -0.25) is 4.79 Å². The first-order chi connectivity index (χ1) is 10.9. The Morgan fingerprint density at radius 3 is 2.70 bits per heavy atom. The number of hydrogen-bond donors (Lipinski definition) is 2. The fourth-order valence-electron chi connectivity index (χ4n) is 1.75. The van der Waals surface area contributed by atoms with Crippen LogP contribution in [0.2, 0.25) is 5.02 Å². The molecule has 0 spiro atoms. The lowest BCUT2D eigenvalue weighted by Crippen LogP contribution is -2.21. The maximum absolute atomic E-state index is 11.9. The number of aryl methyl sites for hydroxylation is 1. The summed E-state index contributed by atoms with van der Waals surface area (Å²) in [6, 6.07) is 9.42. The number of carbonyl (C=O) groups excluding carboxylic acids is 2. The Morgan fingerprint density at radius 2 is 2.00 bits per heavy atom. The second-order valence-corrected chi connectivity index (χ2v) is 6.07. The highest BCUT2D eigenvalue weighted by atomic mass is 79.9. The lowest BCUT2D eigenvalue weighted by molar-refractivity contribution is -0.119. The molecule has 0 saturated carbocycles. The van der Waals surface area contributed by atoms with Crippen molar-refractivity contribution in [3.8, 4) is 5.75 Å². The molecular weight excluding hydrogens is 386 g/mol. The lowest BCUT2D eigenvalue weighted by atomic mass is 10.2. The van der Waals surface area contributed by atoms with E-state index in [1.807, 2.05) is 6.92 Å². The molecule has 0 aliphatic rings. The zero-order valence-electron chi connectivity index (χ0n) is 12.1. The monoisotopic (exact) mass is 397 g/mol. The van der Waals surface area contributed by atoms with Gasteiger partial charge in [0.25, 0.3) is 5.91 Å². The van der Waals surface area contributed by atoms with Crippen LogP contribution < -0.4 is 5.32 Å². The molecule has 120 valence electrons. The number of carbonyl (C=O) groups is 2. The predicted octanol–water partition coefficient (Wildman–Crippen LogP) is 3.91. The van der Waals surface area contributed by atoms with Gasteiger partial charge in [-0.25, -0.2) is 4.79 Å². The quantitative estimate of drug-likeness (QED) is 0.766. The number of phenolic OH excluding ortho intramolecular Hbond substituents is 1. The maximum atomic E-state index is 11.9. The summed E-state index contributed by atoms with van der Waals surface area (Å²) < 4.78 is 5.50. The second-order valence-electron chi connectivity index (χ2n) is 4.75. The molecular formula is C16H13BrClNO4. The number of aromatic hydroxyl groups is 1. The normalized spacial score (nSPS) is 10.2. The van der Waals surface area contributed by atoms with Crippen molar-refractivity contribution in [1.29, 1.82) is 0 Å². The average molecular weight is 399 g/mol. The van der Waals surface area contributed by atoms with E-state index in [-0.39, 0.29) is 11.3 Å². The highest BCUT2D eigenvalue weighted by Gasteiger charge is 2.15. The predicted molar refractivity (Wildman–Crippen MR) is 90.9 cm³/mol. The van der Waals surface area contributed by atoms with Gasteiger partial charge in [0.1, 0.15) is 11.3 Å². The van der Waals surface area contributed by atoms with E-state index in [4.69, 9.17) is 16.3 Å². The summed E-state index contributed by atoms with van der Waals surface area (Å²) in [5.74, 6) is -1.52. The first-order valence-electron chi connectivity index (χ1n) is 6.58. The van der Waals surface area contributed by atoms with Crippen LogP contribution in [0.15, 0.2) is 40.9 Å². The maximum Gasteiger partial charge on any atom is 0.342 e. The second kappa shape index (κ2) is 7.48. The number of phenols is 1. The van der Waals surface area contributed by atoms with E-state index < -0.39 is 18.5 Å². The molecule has 0 bridgehead atoms. The molecule has 1 amide bonds. The zero-order chi connectivity index (χ0) is 17.0. The Balaban J connectivity index is 1.94. The van der Waals surface area contributed by atoms with Crippen LogP contribution in [-0.4, -0.2) is 23.6 Å². The zero-order valence-corrected chi connectivity index (χ0v) is 14.4. The summed E-state index contributed by atoms with van der Waals surface area (Å²) in [5, 5.41) is 12.7. The molecule has 0 aromatic heterocycles. The van der Waals surface area contributed by atoms with Crippen molar-refractivity contribution < 1.29 is 19.4 Å². The topological polar surface area (TPSA) is 75.6 Å².